The normalized spacial score (nSPS) is 11.4. The maximum atomic E-state index is 12.4. The Bertz CT molecular complexity index is 1040. The Hall–Kier alpha value is -3.54. The number of hydrogen-bond donors (Lipinski definition) is 1. The number of aryl methyl sites for hydroxylation is 1. The van der Waals surface area contributed by atoms with E-state index in [4.69, 9.17) is 0 Å². The molecule has 0 aliphatic heterocycles. The topological polar surface area (TPSA) is 84.6 Å². The highest BCUT2D eigenvalue weighted by atomic mass is 16.6. The standard InChI is InChI=1S/C20H17N3O3/c1-13-10-11-16(23(25)26)12-19(13)20(24)22-21-14(2)17-9-5-7-15-6-3-4-8-18(15)17/h3-12H,1-2H3,(H,22,24)/b21-14-. The van der Waals surface area contributed by atoms with Crippen molar-refractivity contribution in [3.8, 4) is 0 Å². The van der Waals surface area contributed by atoms with Crippen LogP contribution in [0.3, 0.4) is 0 Å². The average Bonchev–Trinajstić information content (AvgIpc) is 2.65. The van der Waals surface area contributed by atoms with Crippen LogP contribution in [0.5, 0.6) is 0 Å². The molecular weight excluding hydrogens is 330 g/mol. The minimum absolute atomic E-state index is 0.129. The van der Waals surface area contributed by atoms with Crippen molar-refractivity contribution >= 4 is 28.1 Å². The summed E-state index contributed by atoms with van der Waals surface area (Å²) in [7, 11) is 0. The molecule has 1 N–H and O–H groups in total. The average molecular weight is 347 g/mol. The molecule has 3 rings (SSSR count). The SMILES string of the molecule is C/C(=N/NC(=O)c1cc([N+](=O)[O-])ccc1C)c1cccc2ccccc12. The summed E-state index contributed by atoms with van der Waals surface area (Å²) in [5.41, 5.74) is 4.81. The van der Waals surface area contributed by atoms with Crippen LogP contribution in [0.15, 0.2) is 65.8 Å². The third-order valence-electron chi connectivity index (χ3n) is 4.18. The van der Waals surface area contributed by atoms with Crippen molar-refractivity contribution in [2.24, 2.45) is 5.10 Å². The first-order valence-corrected chi connectivity index (χ1v) is 8.05. The van der Waals surface area contributed by atoms with Crippen LogP contribution in [0.25, 0.3) is 10.8 Å². The van der Waals surface area contributed by atoms with Gasteiger partial charge in [-0.15, -0.1) is 0 Å². The molecule has 0 heterocycles. The summed E-state index contributed by atoms with van der Waals surface area (Å²) in [5.74, 6) is -0.481. The molecule has 0 atom stereocenters. The van der Waals surface area contributed by atoms with Gasteiger partial charge in [0.05, 0.1) is 16.2 Å². The fourth-order valence-corrected chi connectivity index (χ4v) is 2.76. The van der Waals surface area contributed by atoms with Gasteiger partial charge in [0.15, 0.2) is 0 Å². The predicted molar refractivity (Wildman–Crippen MR) is 101 cm³/mol. The van der Waals surface area contributed by atoms with E-state index < -0.39 is 10.8 Å². The smallest absolute Gasteiger partial charge is 0.267 e. The van der Waals surface area contributed by atoms with E-state index >= 15 is 0 Å². The molecule has 0 fully saturated rings. The number of nitrogens with one attached hydrogen (secondary N) is 1. The molecule has 6 nitrogen and oxygen atoms in total. The summed E-state index contributed by atoms with van der Waals surface area (Å²) in [5, 5.41) is 17.2. The molecule has 0 aromatic heterocycles. The quantitative estimate of drug-likeness (QED) is 0.436. The minimum Gasteiger partial charge on any atom is -0.267 e. The fourth-order valence-electron chi connectivity index (χ4n) is 2.76. The van der Waals surface area contributed by atoms with Gasteiger partial charge in [-0.1, -0.05) is 48.5 Å². The van der Waals surface area contributed by atoms with Crippen LogP contribution in [0.1, 0.15) is 28.4 Å². The van der Waals surface area contributed by atoms with Crippen molar-refractivity contribution in [2.45, 2.75) is 13.8 Å². The molecule has 0 saturated heterocycles. The zero-order valence-electron chi connectivity index (χ0n) is 14.4. The van der Waals surface area contributed by atoms with E-state index in [-0.39, 0.29) is 11.3 Å². The van der Waals surface area contributed by atoms with Crippen molar-refractivity contribution < 1.29 is 9.72 Å². The lowest BCUT2D eigenvalue weighted by atomic mass is 10.0. The first kappa shape index (κ1) is 17.3. The van der Waals surface area contributed by atoms with E-state index in [9.17, 15) is 14.9 Å². The van der Waals surface area contributed by atoms with Gasteiger partial charge in [0, 0.05) is 17.7 Å². The van der Waals surface area contributed by atoms with E-state index in [1.54, 1.807) is 13.0 Å². The Balaban J connectivity index is 1.88. The molecule has 130 valence electrons. The molecule has 0 aliphatic carbocycles. The Kier molecular flexibility index (Phi) is 4.75. The van der Waals surface area contributed by atoms with Crippen LogP contribution < -0.4 is 5.43 Å². The number of hydrogen-bond acceptors (Lipinski definition) is 4. The lowest BCUT2D eigenvalue weighted by Gasteiger charge is -2.08. The van der Waals surface area contributed by atoms with E-state index in [0.29, 0.717) is 11.3 Å². The summed E-state index contributed by atoms with van der Waals surface area (Å²) in [6.45, 7) is 3.53. The number of fused-ring (bicyclic) bond motifs is 1. The van der Waals surface area contributed by atoms with Gasteiger partial charge in [-0.3, -0.25) is 14.9 Å². The number of rotatable bonds is 4. The van der Waals surface area contributed by atoms with E-state index in [1.165, 1.54) is 12.1 Å². The fraction of sp³-hybridized carbons (Fsp3) is 0.100. The maximum absolute atomic E-state index is 12.4. The summed E-state index contributed by atoms with van der Waals surface area (Å²) in [6, 6.07) is 18.0. The summed E-state index contributed by atoms with van der Waals surface area (Å²) in [6.07, 6.45) is 0. The highest BCUT2D eigenvalue weighted by Crippen LogP contribution is 2.20. The number of carbonyl (C=O) groups is 1. The van der Waals surface area contributed by atoms with Gasteiger partial charge in [0.25, 0.3) is 11.6 Å². The lowest BCUT2D eigenvalue weighted by molar-refractivity contribution is -0.384. The molecular formula is C20H17N3O3. The first-order valence-electron chi connectivity index (χ1n) is 8.05. The molecule has 1 amide bonds. The second kappa shape index (κ2) is 7.14. The molecule has 0 bridgehead atoms. The predicted octanol–water partition coefficient (Wildman–Crippen LogP) is 4.21. The molecule has 0 saturated carbocycles. The number of nitro benzene ring substituents is 1. The molecule has 6 heteroatoms. The number of carbonyl (C=O) groups excluding carboxylic acids is 1. The summed E-state index contributed by atoms with van der Waals surface area (Å²) >= 11 is 0. The zero-order valence-corrected chi connectivity index (χ0v) is 14.4. The first-order chi connectivity index (χ1) is 12.5. The summed E-state index contributed by atoms with van der Waals surface area (Å²) < 4.78 is 0. The number of non-ortho nitro benzene ring substituents is 1. The van der Waals surface area contributed by atoms with Gasteiger partial charge >= 0.3 is 0 Å². The van der Waals surface area contributed by atoms with Crippen LogP contribution in [0.4, 0.5) is 5.69 Å². The van der Waals surface area contributed by atoms with Crippen LogP contribution in [0, 0.1) is 17.0 Å². The molecule has 0 unspecified atom stereocenters. The second-order valence-corrected chi connectivity index (χ2v) is 5.92. The van der Waals surface area contributed by atoms with Crippen molar-refractivity contribution in [3.05, 3.63) is 87.5 Å². The Morgan fingerprint density at radius 1 is 1.04 bits per heavy atom. The second-order valence-electron chi connectivity index (χ2n) is 5.92. The molecule has 3 aromatic rings. The maximum Gasteiger partial charge on any atom is 0.271 e. The highest BCUT2D eigenvalue weighted by molar-refractivity contribution is 6.10. The van der Waals surface area contributed by atoms with Crippen molar-refractivity contribution in [1.82, 2.24) is 5.43 Å². The third kappa shape index (κ3) is 3.44. The monoisotopic (exact) mass is 347 g/mol. The molecule has 0 radical (unpaired) electrons. The Morgan fingerprint density at radius 3 is 2.54 bits per heavy atom. The highest BCUT2D eigenvalue weighted by Gasteiger charge is 2.14. The summed E-state index contributed by atoms with van der Waals surface area (Å²) in [4.78, 5) is 22.8. The van der Waals surface area contributed by atoms with Gasteiger partial charge in [-0.05, 0) is 30.2 Å². The lowest BCUT2D eigenvalue weighted by Crippen LogP contribution is -2.20. The van der Waals surface area contributed by atoms with Gasteiger partial charge in [-0.2, -0.15) is 5.10 Å². The van der Waals surface area contributed by atoms with Crippen molar-refractivity contribution in [2.75, 3.05) is 0 Å². The van der Waals surface area contributed by atoms with E-state index in [1.807, 2.05) is 49.4 Å². The largest absolute Gasteiger partial charge is 0.271 e. The van der Waals surface area contributed by atoms with E-state index in [0.717, 1.165) is 16.3 Å². The number of amides is 1. The zero-order chi connectivity index (χ0) is 18.7. The van der Waals surface area contributed by atoms with E-state index in [2.05, 4.69) is 10.5 Å². The Labute approximate surface area is 150 Å². The minimum atomic E-state index is -0.527. The van der Waals surface area contributed by atoms with Gasteiger partial charge in [0.2, 0.25) is 0 Å². The van der Waals surface area contributed by atoms with Crippen molar-refractivity contribution in [3.63, 3.8) is 0 Å². The van der Waals surface area contributed by atoms with Gasteiger partial charge < -0.3 is 0 Å². The van der Waals surface area contributed by atoms with Crippen molar-refractivity contribution in [1.29, 1.82) is 0 Å². The number of nitro groups is 1. The van der Waals surface area contributed by atoms with Gasteiger partial charge in [-0.25, -0.2) is 5.43 Å². The van der Waals surface area contributed by atoms with Crippen LogP contribution >= 0.6 is 0 Å². The van der Waals surface area contributed by atoms with Crippen LogP contribution in [0.2, 0.25) is 0 Å². The number of hydrazone groups is 1. The van der Waals surface area contributed by atoms with Gasteiger partial charge in [0.1, 0.15) is 0 Å². The molecule has 26 heavy (non-hydrogen) atoms. The molecule has 0 aliphatic rings. The number of nitrogens with zero attached hydrogens (tertiary/aromatic N) is 2. The third-order valence-corrected chi connectivity index (χ3v) is 4.18. The molecule has 0 spiro atoms. The molecule has 3 aromatic carbocycles. The van der Waals surface area contributed by atoms with Crippen LogP contribution in [-0.4, -0.2) is 16.5 Å². The number of benzene rings is 3. The Morgan fingerprint density at radius 2 is 1.77 bits per heavy atom. The van der Waals surface area contributed by atoms with Crippen LogP contribution in [-0.2, 0) is 0 Å².